The predicted molar refractivity (Wildman–Crippen MR) is 144 cm³/mol. The third-order valence-electron chi connectivity index (χ3n) is 5.14. The molecule has 1 aromatic heterocycles. The van der Waals surface area contributed by atoms with Crippen molar-refractivity contribution in [3.05, 3.63) is 65.5 Å². The minimum absolute atomic E-state index is 0.0384. The quantitative estimate of drug-likeness (QED) is 0.207. The average Bonchev–Trinajstić information content (AvgIpc) is 2.80. The summed E-state index contributed by atoms with van der Waals surface area (Å²) in [6, 6.07) is 9.03. The highest BCUT2D eigenvalue weighted by Gasteiger charge is 2.20. The molecule has 1 heterocycles. The summed E-state index contributed by atoms with van der Waals surface area (Å²) in [6.45, 7) is 7.71. The molecular formula is C24H24Br3N3O4. The first-order chi connectivity index (χ1) is 16.2. The van der Waals surface area contributed by atoms with E-state index >= 15 is 0 Å². The molecular weight excluding hydrogens is 634 g/mol. The largest absolute Gasteiger partial charge is 0.477 e. The van der Waals surface area contributed by atoms with Crippen molar-refractivity contribution in [3.63, 3.8) is 0 Å². The highest BCUT2D eigenvalue weighted by Crippen LogP contribution is 2.35. The number of carbonyl (C=O) groups is 1. The molecule has 0 saturated carbocycles. The highest BCUT2D eigenvalue weighted by molar-refractivity contribution is 9.11. The van der Waals surface area contributed by atoms with Gasteiger partial charge in [0.05, 0.1) is 32.7 Å². The standard InChI is InChI=1S/C24H24Br3N3O4/c1-5-13(3)22-29-20-8-7-16(25)11-17(20)23(31)30(22)28-12-15-9-18(26)21(19(27)10-15)34-14(4)24(32)33-6-2/h7-14H,5-6H2,1-4H3/t13-,14+/m1/s1. The molecule has 0 N–H and O–H groups in total. The van der Waals surface area contributed by atoms with Crippen LogP contribution in [0.3, 0.4) is 0 Å². The first-order valence-electron chi connectivity index (χ1n) is 10.7. The van der Waals surface area contributed by atoms with Gasteiger partial charge >= 0.3 is 5.97 Å². The molecule has 180 valence electrons. The summed E-state index contributed by atoms with van der Waals surface area (Å²) >= 11 is 10.4. The van der Waals surface area contributed by atoms with Gasteiger partial charge in [0.15, 0.2) is 6.10 Å². The normalized spacial score (nSPS) is 13.3. The van der Waals surface area contributed by atoms with E-state index in [0.29, 0.717) is 37.0 Å². The Morgan fingerprint density at radius 1 is 1.15 bits per heavy atom. The van der Waals surface area contributed by atoms with Crippen LogP contribution >= 0.6 is 47.8 Å². The Balaban J connectivity index is 2.00. The molecule has 0 aliphatic rings. The fourth-order valence-corrected chi connectivity index (χ4v) is 4.92. The third kappa shape index (κ3) is 5.95. The summed E-state index contributed by atoms with van der Waals surface area (Å²) in [5, 5.41) is 4.98. The van der Waals surface area contributed by atoms with Crippen molar-refractivity contribution < 1.29 is 14.3 Å². The molecule has 34 heavy (non-hydrogen) atoms. The molecule has 3 rings (SSSR count). The van der Waals surface area contributed by atoms with E-state index in [-0.39, 0.29) is 18.1 Å². The second-order valence-electron chi connectivity index (χ2n) is 7.63. The summed E-state index contributed by atoms with van der Waals surface area (Å²) in [5.41, 5.74) is 1.11. The molecule has 0 unspecified atom stereocenters. The number of halogens is 3. The Labute approximate surface area is 222 Å². The fourth-order valence-electron chi connectivity index (χ4n) is 3.15. The molecule has 2 aromatic carbocycles. The maximum Gasteiger partial charge on any atom is 0.347 e. The van der Waals surface area contributed by atoms with Gasteiger partial charge in [0.2, 0.25) is 0 Å². The maximum atomic E-state index is 13.3. The van der Waals surface area contributed by atoms with Crippen LogP contribution in [0.5, 0.6) is 5.75 Å². The fraction of sp³-hybridized carbons (Fsp3) is 0.333. The zero-order valence-corrected chi connectivity index (χ0v) is 23.9. The Kier molecular flexibility index (Phi) is 9.06. The second kappa shape index (κ2) is 11.6. The van der Waals surface area contributed by atoms with Gasteiger partial charge in [0.1, 0.15) is 11.6 Å². The van der Waals surface area contributed by atoms with Crippen LogP contribution in [0, 0.1) is 0 Å². The number of fused-ring (bicyclic) bond motifs is 1. The van der Waals surface area contributed by atoms with E-state index in [1.807, 2.05) is 26.0 Å². The first kappa shape index (κ1) is 26.6. The Morgan fingerprint density at radius 3 is 2.44 bits per heavy atom. The second-order valence-corrected chi connectivity index (χ2v) is 10.3. The predicted octanol–water partition coefficient (Wildman–Crippen LogP) is 6.41. The molecule has 10 heteroatoms. The number of rotatable bonds is 8. The molecule has 2 atom stereocenters. The zero-order chi connectivity index (χ0) is 25.0. The van der Waals surface area contributed by atoms with Gasteiger partial charge in [0.25, 0.3) is 5.56 Å². The summed E-state index contributed by atoms with van der Waals surface area (Å²) in [7, 11) is 0. The van der Waals surface area contributed by atoms with Crippen LogP contribution in [0.15, 0.2) is 53.6 Å². The zero-order valence-electron chi connectivity index (χ0n) is 19.1. The van der Waals surface area contributed by atoms with E-state index in [2.05, 4.69) is 52.9 Å². The van der Waals surface area contributed by atoms with Crippen LogP contribution in [0.4, 0.5) is 0 Å². The van der Waals surface area contributed by atoms with E-state index in [9.17, 15) is 9.59 Å². The van der Waals surface area contributed by atoms with E-state index in [0.717, 1.165) is 10.9 Å². The van der Waals surface area contributed by atoms with Crippen LogP contribution < -0.4 is 10.3 Å². The van der Waals surface area contributed by atoms with Crippen LogP contribution in [0.25, 0.3) is 10.9 Å². The summed E-state index contributed by atoms with van der Waals surface area (Å²) in [5.74, 6) is 0.656. The van der Waals surface area contributed by atoms with Crippen molar-refractivity contribution in [1.29, 1.82) is 0 Å². The van der Waals surface area contributed by atoms with Crippen LogP contribution in [-0.4, -0.2) is 34.6 Å². The lowest BCUT2D eigenvalue weighted by atomic mass is 10.1. The minimum Gasteiger partial charge on any atom is -0.477 e. The van der Waals surface area contributed by atoms with Crippen molar-refractivity contribution in [2.45, 2.75) is 46.1 Å². The molecule has 0 fully saturated rings. The molecule has 0 spiro atoms. The van der Waals surface area contributed by atoms with Crippen molar-refractivity contribution in [2.24, 2.45) is 5.10 Å². The first-order valence-corrected chi connectivity index (χ1v) is 13.1. The highest BCUT2D eigenvalue weighted by atomic mass is 79.9. The molecule has 7 nitrogen and oxygen atoms in total. The smallest absolute Gasteiger partial charge is 0.347 e. The van der Waals surface area contributed by atoms with Crippen LogP contribution in [0.2, 0.25) is 0 Å². The number of esters is 1. The van der Waals surface area contributed by atoms with E-state index < -0.39 is 12.1 Å². The van der Waals surface area contributed by atoms with Gasteiger partial charge in [-0.05, 0) is 88.0 Å². The van der Waals surface area contributed by atoms with Gasteiger partial charge in [-0.2, -0.15) is 9.78 Å². The van der Waals surface area contributed by atoms with E-state index in [1.165, 1.54) is 4.68 Å². The van der Waals surface area contributed by atoms with Crippen molar-refractivity contribution in [1.82, 2.24) is 9.66 Å². The number of carbonyl (C=O) groups excluding carboxylic acids is 1. The third-order valence-corrected chi connectivity index (χ3v) is 6.81. The number of aromatic nitrogens is 2. The Morgan fingerprint density at radius 2 is 1.82 bits per heavy atom. The van der Waals surface area contributed by atoms with Gasteiger partial charge in [0, 0.05) is 10.4 Å². The Bertz CT molecular complexity index is 1280. The van der Waals surface area contributed by atoms with Crippen molar-refractivity contribution in [2.75, 3.05) is 6.61 Å². The maximum absolute atomic E-state index is 13.3. The number of nitrogens with zero attached hydrogens (tertiary/aromatic N) is 3. The van der Waals surface area contributed by atoms with Crippen LogP contribution in [-0.2, 0) is 9.53 Å². The summed E-state index contributed by atoms with van der Waals surface area (Å²) in [4.78, 5) is 29.9. The van der Waals surface area contributed by atoms with Crippen molar-refractivity contribution >= 4 is 70.9 Å². The Hall–Kier alpha value is -2.04. The van der Waals surface area contributed by atoms with Crippen LogP contribution in [0.1, 0.15) is 51.4 Å². The topological polar surface area (TPSA) is 82.8 Å². The van der Waals surface area contributed by atoms with Gasteiger partial charge in [-0.25, -0.2) is 9.78 Å². The molecule has 0 radical (unpaired) electrons. The average molecular weight is 658 g/mol. The van der Waals surface area contributed by atoms with E-state index in [4.69, 9.17) is 14.5 Å². The number of benzene rings is 2. The monoisotopic (exact) mass is 655 g/mol. The van der Waals surface area contributed by atoms with Gasteiger partial charge < -0.3 is 9.47 Å². The molecule has 0 amide bonds. The molecule has 0 bridgehead atoms. The van der Waals surface area contributed by atoms with Gasteiger partial charge in [-0.15, -0.1) is 0 Å². The van der Waals surface area contributed by atoms with Crippen molar-refractivity contribution in [3.8, 4) is 5.75 Å². The number of hydrogen-bond acceptors (Lipinski definition) is 6. The van der Waals surface area contributed by atoms with Gasteiger partial charge in [-0.3, -0.25) is 4.79 Å². The molecule has 0 aliphatic heterocycles. The number of ether oxygens (including phenoxy) is 2. The molecule has 0 aliphatic carbocycles. The number of hydrogen-bond donors (Lipinski definition) is 0. The minimum atomic E-state index is -0.772. The van der Waals surface area contributed by atoms with E-state index in [1.54, 1.807) is 38.3 Å². The molecule has 0 saturated heterocycles. The van der Waals surface area contributed by atoms with Gasteiger partial charge in [-0.1, -0.05) is 29.8 Å². The lowest BCUT2D eigenvalue weighted by Crippen LogP contribution is -2.26. The SMILES string of the molecule is CCOC(=O)[C@H](C)Oc1c(Br)cc(C=Nn2c([C@H](C)CC)nc3ccc(Br)cc3c2=O)cc1Br. The lowest BCUT2D eigenvalue weighted by Gasteiger charge is -2.16. The summed E-state index contributed by atoms with van der Waals surface area (Å²) in [6.07, 6.45) is 1.63. The molecule has 3 aromatic rings. The summed E-state index contributed by atoms with van der Waals surface area (Å²) < 4.78 is 14.2. The lowest BCUT2D eigenvalue weighted by molar-refractivity contribution is -0.150.